The number of fused-ring (bicyclic) bond motifs is 1. The monoisotopic (exact) mass is 454 g/mol. The van der Waals surface area contributed by atoms with E-state index in [4.69, 9.17) is 21.8 Å². The summed E-state index contributed by atoms with van der Waals surface area (Å²) < 4.78 is 26.9. The lowest BCUT2D eigenvalue weighted by molar-refractivity contribution is -0.143. The van der Waals surface area contributed by atoms with Crippen LogP contribution in [0, 0.1) is 11.6 Å². The first-order chi connectivity index (χ1) is 14.7. The molecule has 0 saturated carbocycles. The molecule has 0 spiro atoms. The number of carboxylic acids is 2. The van der Waals surface area contributed by atoms with Gasteiger partial charge in [-0.25, -0.2) is 8.78 Å². The molecule has 0 fully saturated rings. The summed E-state index contributed by atoms with van der Waals surface area (Å²) in [5.74, 6) is -3.30. The van der Waals surface area contributed by atoms with Crippen molar-refractivity contribution in [2.24, 2.45) is 0 Å². The number of nitrogens with one attached hydrogen (secondary N) is 2. The SMILES string of the molecule is CC(Nc1c(Cl)ccc2c1CCNCC2)c1cc(F)cc(F)c1.O=C(O)CCC(=O)O. The molecule has 0 aromatic heterocycles. The Kier molecular flexibility index (Phi) is 9.21. The highest BCUT2D eigenvalue weighted by Gasteiger charge is 2.17. The quantitative estimate of drug-likeness (QED) is 0.516. The van der Waals surface area contributed by atoms with Gasteiger partial charge in [0, 0.05) is 12.1 Å². The van der Waals surface area contributed by atoms with Crippen molar-refractivity contribution in [2.45, 2.75) is 38.6 Å². The first kappa shape index (κ1) is 24.6. The van der Waals surface area contributed by atoms with Crippen LogP contribution in [-0.4, -0.2) is 35.2 Å². The maximum atomic E-state index is 13.4. The average molecular weight is 455 g/mol. The van der Waals surface area contributed by atoms with Crippen LogP contribution in [0.4, 0.5) is 14.5 Å². The van der Waals surface area contributed by atoms with Crippen molar-refractivity contribution in [1.29, 1.82) is 0 Å². The van der Waals surface area contributed by atoms with Gasteiger partial charge in [-0.2, -0.15) is 0 Å². The number of halogens is 3. The van der Waals surface area contributed by atoms with Crippen LogP contribution in [0.3, 0.4) is 0 Å². The summed E-state index contributed by atoms with van der Waals surface area (Å²) in [5, 5.41) is 23.1. The Morgan fingerprint density at radius 3 is 2.23 bits per heavy atom. The van der Waals surface area contributed by atoms with E-state index in [9.17, 15) is 18.4 Å². The maximum absolute atomic E-state index is 13.4. The number of anilines is 1. The number of aliphatic carboxylic acids is 2. The standard InChI is InChI=1S/C18H19ClF2N2.C4H6O4/c1-11(13-8-14(20)10-15(21)9-13)23-18-16-5-7-22-6-4-12(16)2-3-17(18)19;5-3(6)1-2-4(7)8/h2-3,8-11,22-23H,4-7H2,1H3;1-2H2,(H,5,6)(H,7,8). The van der Waals surface area contributed by atoms with Crippen LogP contribution < -0.4 is 10.6 Å². The molecule has 1 heterocycles. The molecule has 2 aromatic rings. The second-order valence-corrected chi connectivity index (χ2v) is 7.57. The second kappa shape index (κ2) is 11.6. The van der Waals surface area contributed by atoms with Gasteiger partial charge in [-0.05, 0) is 67.7 Å². The van der Waals surface area contributed by atoms with E-state index in [1.54, 1.807) is 0 Å². The van der Waals surface area contributed by atoms with E-state index in [2.05, 4.69) is 16.7 Å². The van der Waals surface area contributed by atoms with Crippen molar-refractivity contribution in [2.75, 3.05) is 18.4 Å². The molecule has 2 aromatic carbocycles. The van der Waals surface area contributed by atoms with Gasteiger partial charge in [0.1, 0.15) is 11.6 Å². The fraction of sp³-hybridized carbons (Fsp3) is 0.364. The summed E-state index contributed by atoms with van der Waals surface area (Å²) in [6.45, 7) is 3.71. The molecule has 1 aliphatic heterocycles. The van der Waals surface area contributed by atoms with Gasteiger partial charge in [0.2, 0.25) is 0 Å². The molecule has 1 atom stereocenters. The topological polar surface area (TPSA) is 98.7 Å². The molecule has 168 valence electrons. The summed E-state index contributed by atoms with van der Waals surface area (Å²) in [4.78, 5) is 19.3. The molecule has 0 bridgehead atoms. The first-order valence-electron chi connectivity index (χ1n) is 9.84. The maximum Gasteiger partial charge on any atom is 0.303 e. The van der Waals surface area contributed by atoms with Crippen LogP contribution in [0.1, 0.15) is 42.5 Å². The van der Waals surface area contributed by atoms with Crippen LogP contribution in [0.15, 0.2) is 30.3 Å². The van der Waals surface area contributed by atoms with E-state index in [0.29, 0.717) is 10.6 Å². The number of hydrogen-bond acceptors (Lipinski definition) is 4. The van der Waals surface area contributed by atoms with E-state index < -0.39 is 23.6 Å². The largest absolute Gasteiger partial charge is 0.481 e. The fourth-order valence-corrected chi connectivity index (χ4v) is 3.47. The highest BCUT2D eigenvalue weighted by molar-refractivity contribution is 6.33. The minimum absolute atomic E-state index is 0.250. The molecular weight excluding hydrogens is 430 g/mol. The lowest BCUT2D eigenvalue weighted by Gasteiger charge is -2.21. The van der Waals surface area contributed by atoms with Crippen LogP contribution in [0.25, 0.3) is 0 Å². The van der Waals surface area contributed by atoms with Crippen molar-refractivity contribution < 1.29 is 28.6 Å². The zero-order valence-corrected chi connectivity index (χ0v) is 17.8. The lowest BCUT2D eigenvalue weighted by atomic mass is 9.99. The molecular formula is C22H25ClF2N2O4. The number of hydrogen-bond donors (Lipinski definition) is 4. The van der Waals surface area contributed by atoms with E-state index >= 15 is 0 Å². The van der Waals surface area contributed by atoms with Gasteiger partial charge in [0.15, 0.2) is 0 Å². The predicted octanol–water partition coefficient (Wildman–Crippen LogP) is 4.42. The van der Waals surface area contributed by atoms with Crippen molar-refractivity contribution in [3.05, 3.63) is 63.7 Å². The molecule has 0 amide bonds. The third kappa shape index (κ3) is 7.80. The number of carboxylic acid groups (broad SMARTS) is 2. The van der Waals surface area contributed by atoms with E-state index in [0.717, 1.165) is 37.7 Å². The molecule has 9 heteroatoms. The van der Waals surface area contributed by atoms with Gasteiger partial charge >= 0.3 is 11.9 Å². The third-order valence-corrected chi connectivity index (χ3v) is 5.10. The van der Waals surface area contributed by atoms with Gasteiger partial charge in [-0.15, -0.1) is 0 Å². The highest BCUT2D eigenvalue weighted by atomic mass is 35.5. The minimum Gasteiger partial charge on any atom is -0.481 e. The van der Waals surface area contributed by atoms with Gasteiger partial charge in [-0.3, -0.25) is 9.59 Å². The number of benzene rings is 2. The van der Waals surface area contributed by atoms with Crippen LogP contribution in [0.2, 0.25) is 5.02 Å². The van der Waals surface area contributed by atoms with Crippen molar-refractivity contribution in [3.8, 4) is 0 Å². The van der Waals surface area contributed by atoms with Crippen LogP contribution in [-0.2, 0) is 22.4 Å². The molecule has 4 N–H and O–H groups in total. The molecule has 31 heavy (non-hydrogen) atoms. The van der Waals surface area contributed by atoms with Gasteiger partial charge in [-0.1, -0.05) is 17.7 Å². The lowest BCUT2D eigenvalue weighted by Crippen LogP contribution is -2.16. The predicted molar refractivity (Wildman–Crippen MR) is 115 cm³/mol. The normalized spacial score (nSPS) is 13.8. The summed E-state index contributed by atoms with van der Waals surface area (Å²) in [5.41, 5.74) is 3.87. The van der Waals surface area contributed by atoms with Crippen molar-refractivity contribution in [1.82, 2.24) is 5.32 Å². The highest BCUT2D eigenvalue weighted by Crippen LogP contribution is 2.33. The zero-order valence-electron chi connectivity index (χ0n) is 17.1. The van der Waals surface area contributed by atoms with Gasteiger partial charge < -0.3 is 20.8 Å². The Hall–Kier alpha value is -2.71. The van der Waals surface area contributed by atoms with Crippen molar-refractivity contribution in [3.63, 3.8) is 0 Å². The van der Waals surface area contributed by atoms with Crippen molar-refractivity contribution >= 4 is 29.2 Å². The Labute approximate surface area is 184 Å². The summed E-state index contributed by atoms with van der Waals surface area (Å²) in [6.07, 6.45) is 1.23. The zero-order chi connectivity index (χ0) is 23.0. The Morgan fingerprint density at radius 2 is 1.65 bits per heavy atom. The number of rotatable bonds is 6. The molecule has 0 radical (unpaired) electrons. The Morgan fingerprint density at radius 1 is 1.06 bits per heavy atom. The Bertz CT molecular complexity index is 906. The Balaban J connectivity index is 0.000000366. The third-order valence-electron chi connectivity index (χ3n) is 4.78. The molecule has 3 rings (SSSR count). The van der Waals surface area contributed by atoms with Crippen LogP contribution >= 0.6 is 11.6 Å². The second-order valence-electron chi connectivity index (χ2n) is 7.17. The number of carbonyl (C=O) groups is 2. The molecule has 0 aliphatic carbocycles. The van der Waals surface area contributed by atoms with Gasteiger partial charge in [0.05, 0.1) is 23.6 Å². The molecule has 1 aliphatic rings. The smallest absolute Gasteiger partial charge is 0.303 e. The van der Waals surface area contributed by atoms with E-state index in [1.165, 1.54) is 23.3 Å². The molecule has 1 unspecified atom stereocenters. The summed E-state index contributed by atoms with van der Waals surface area (Å²) >= 11 is 6.38. The molecule has 6 nitrogen and oxygen atoms in total. The summed E-state index contributed by atoms with van der Waals surface area (Å²) in [7, 11) is 0. The van der Waals surface area contributed by atoms with Gasteiger partial charge in [0.25, 0.3) is 0 Å². The molecule has 0 saturated heterocycles. The summed E-state index contributed by atoms with van der Waals surface area (Å²) in [6, 6.07) is 7.26. The average Bonchev–Trinajstić information content (AvgIpc) is 2.94. The van der Waals surface area contributed by atoms with E-state index in [1.807, 2.05) is 13.0 Å². The van der Waals surface area contributed by atoms with E-state index in [-0.39, 0.29) is 18.9 Å². The fourth-order valence-electron chi connectivity index (χ4n) is 3.24. The first-order valence-corrected chi connectivity index (χ1v) is 10.2. The minimum atomic E-state index is -1.08. The van der Waals surface area contributed by atoms with Crippen LogP contribution in [0.5, 0.6) is 0 Å².